The van der Waals surface area contributed by atoms with E-state index >= 15 is 0 Å². The van der Waals surface area contributed by atoms with Gasteiger partial charge in [0, 0.05) is 39.1 Å². The van der Waals surface area contributed by atoms with Crippen molar-refractivity contribution in [3.8, 4) is 0 Å². The maximum Gasteiger partial charge on any atom is 0.405 e. The van der Waals surface area contributed by atoms with Gasteiger partial charge in [-0.25, -0.2) is 0 Å². The number of hydrogen-bond acceptors (Lipinski definition) is 3. The van der Waals surface area contributed by atoms with E-state index in [1.165, 1.54) is 17.7 Å². The van der Waals surface area contributed by atoms with Crippen molar-refractivity contribution < 1.29 is 18.0 Å². The summed E-state index contributed by atoms with van der Waals surface area (Å²) in [6, 6.07) is -1.58. The molecule has 7 heteroatoms. The molecular formula is C16H28F3N3O. The molecule has 0 aromatic rings. The second-order valence-electron chi connectivity index (χ2n) is 6.71. The zero-order valence-electron chi connectivity index (χ0n) is 13.6. The van der Waals surface area contributed by atoms with Crippen LogP contribution in [0.15, 0.2) is 0 Å². The van der Waals surface area contributed by atoms with Gasteiger partial charge in [-0.3, -0.25) is 9.69 Å². The molecule has 0 aromatic heterocycles. The summed E-state index contributed by atoms with van der Waals surface area (Å²) >= 11 is 0. The van der Waals surface area contributed by atoms with E-state index in [0.717, 1.165) is 25.7 Å². The fourth-order valence-corrected chi connectivity index (χ4v) is 3.56. The number of alkyl halides is 3. The largest absolute Gasteiger partial charge is 0.405 e. The molecule has 2 N–H and O–H groups in total. The Bertz CT molecular complexity index is 362. The fourth-order valence-electron chi connectivity index (χ4n) is 3.56. The predicted octanol–water partition coefficient (Wildman–Crippen LogP) is 2.30. The Balaban J connectivity index is 1.81. The van der Waals surface area contributed by atoms with E-state index in [-0.39, 0.29) is 12.5 Å². The summed E-state index contributed by atoms with van der Waals surface area (Å²) in [5.41, 5.74) is 0. The summed E-state index contributed by atoms with van der Waals surface area (Å²) in [5, 5.41) is 5.58. The van der Waals surface area contributed by atoms with E-state index in [2.05, 4.69) is 10.6 Å². The molecule has 134 valence electrons. The van der Waals surface area contributed by atoms with Crippen molar-refractivity contribution in [2.45, 2.75) is 57.2 Å². The lowest BCUT2D eigenvalue weighted by atomic mass is 9.96. The number of carbonyl (C=O) groups is 1. The first kappa shape index (κ1) is 18.5. The Morgan fingerprint density at radius 1 is 1.13 bits per heavy atom. The van der Waals surface area contributed by atoms with Gasteiger partial charge in [-0.1, -0.05) is 25.7 Å². The molecule has 2 fully saturated rings. The molecule has 2 rings (SSSR count). The molecule has 1 heterocycles. The van der Waals surface area contributed by atoms with Crippen LogP contribution in [0, 0.1) is 5.92 Å². The predicted molar refractivity (Wildman–Crippen MR) is 83.1 cm³/mol. The van der Waals surface area contributed by atoms with Gasteiger partial charge in [-0.2, -0.15) is 13.2 Å². The SMILES string of the molecule is O=C(CC1CCCCCC1)NCC(N1CCNCC1)C(F)(F)F. The first-order valence-electron chi connectivity index (χ1n) is 8.75. The summed E-state index contributed by atoms with van der Waals surface area (Å²) in [6.07, 6.45) is 2.77. The van der Waals surface area contributed by atoms with E-state index in [1.54, 1.807) is 0 Å². The van der Waals surface area contributed by atoms with Crippen molar-refractivity contribution in [1.82, 2.24) is 15.5 Å². The molecule has 1 aliphatic carbocycles. The summed E-state index contributed by atoms with van der Waals surface area (Å²) in [5.74, 6) is 0.0994. The topological polar surface area (TPSA) is 44.4 Å². The van der Waals surface area contributed by atoms with Crippen LogP contribution in [-0.4, -0.2) is 55.7 Å². The zero-order chi connectivity index (χ0) is 16.7. The number of nitrogens with zero attached hydrogens (tertiary/aromatic N) is 1. The van der Waals surface area contributed by atoms with Crippen molar-refractivity contribution in [3.05, 3.63) is 0 Å². The molecule has 1 unspecified atom stereocenters. The Morgan fingerprint density at radius 2 is 1.74 bits per heavy atom. The molecule has 1 atom stereocenters. The molecule has 1 amide bonds. The molecule has 23 heavy (non-hydrogen) atoms. The minimum Gasteiger partial charge on any atom is -0.354 e. The second kappa shape index (κ2) is 8.87. The average Bonchev–Trinajstić information content (AvgIpc) is 2.76. The van der Waals surface area contributed by atoms with E-state index in [0.29, 0.717) is 38.5 Å². The number of rotatable bonds is 5. The van der Waals surface area contributed by atoms with Gasteiger partial charge >= 0.3 is 6.18 Å². The van der Waals surface area contributed by atoms with Gasteiger partial charge in [0.25, 0.3) is 0 Å². The van der Waals surface area contributed by atoms with E-state index < -0.39 is 12.2 Å². The lowest BCUT2D eigenvalue weighted by Crippen LogP contribution is -2.57. The van der Waals surface area contributed by atoms with E-state index in [1.807, 2.05) is 0 Å². The molecule has 4 nitrogen and oxygen atoms in total. The smallest absolute Gasteiger partial charge is 0.354 e. The first-order valence-corrected chi connectivity index (χ1v) is 8.75. The van der Waals surface area contributed by atoms with Crippen molar-refractivity contribution in [3.63, 3.8) is 0 Å². The van der Waals surface area contributed by atoms with Crippen molar-refractivity contribution in [2.24, 2.45) is 5.92 Å². The third kappa shape index (κ3) is 6.30. The highest BCUT2D eigenvalue weighted by atomic mass is 19.4. The highest BCUT2D eigenvalue weighted by molar-refractivity contribution is 5.76. The van der Waals surface area contributed by atoms with Gasteiger partial charge < -0.3 is 10.6 Å². The average molecular weight is 335 g/mol. The normalized spacial score (nSPS) is 23.3. The van der Waals surface area contributed by atoms with Crippen LogP contribution in [0.4, 0.5) is 13.2 Å². The van der Waals surface area contributed by atoms with Crippen LogP contribution in [0.3, 0.4) is 0 Å². The minimum atomic E-state index is -4.31. The molecular weight excluding hydrogens is 307 g/mol. The number of piperazine rings is 1. The fraction of sp³-hybridized carbons (Fsp3) is 0.938. The summed E-state index contributed by atoms with van der Waals surface area (Å²) < 4.78 is 39.8. The highest BCUT2D eigenvalue weighted by Gasteiger charge is 2.43. The van der Waals surface area contributed by atoms with Gasteiger partial charge in [-0.15, -0.1) is 0 Å². The van der Waals surface area contributed by atoms with Gasteiger partial charge in [0.2, 0.25) is 5.91 Å². The molecule has 1 aliphatic heterocycles. The molecule has 0 bridgehead atoms. The van der Waals surface area contributed by atoms with Crippen molar-refractivity contribution in [1.29, 1.82) is 0 Å². The highest BCUT2D eigenvalue weighted by Crippen LogP contribution is 2.26. The van der Waals surface area contributed by atoms with Crippen LogP contribution < -0.4 is 10.6 Å². The van der Waals surface area contributed by atoms with Crippen LogP contribution in [0.1, 0.15) is 44.9 Å². The standard InChI is InChI=1S/C16H28F3N3O/c17-16(18,19)14(22-9-7-20-8-10-22)12-21-15(23)11-13-5-3-1-2-4-6-13/h13-14,20H,1-12H2,(H,21,23). The molecule has 1 saturated carbocycles. The van der Waals surface area contributed by atoms with E-state index in [9.17, 15) is 18.0 Å². The summed E-state index contributed by atoms with van der Waals surface area (Å²) in [7, 11) is 0. The van der Waals surface area contributed by atoms with Gasteiger partial charge in [0.15, 0.2) is 0 Å². The maximum absolute atomic E-state index is 13.3. The Hall–Kier alpha value is -0.820. The van der Waals surface area contributed by atoms with Crippen LogP contribution in [0.5, 0.6) is 0 Å². The molecule has 2 aliphatic rings. The number of halogens is 3. The summed E-state index contributed by atoms with van der Waals surface area (Å²) in [4.78, 5) is 13.4. The van der Waals surface area contributed by atoms with Gasteiger partial charge in [0.1, 0.15) is 6.04 Å². The van der Waals surface area contributed by atoms with Crippen LogP contribution >= 0.6 is 0 Å². The second-order valence-corrected chi connectivity index (χ2v) is 6.71. The van der Waals surface area contributed by atoms with Crippen LogP contribution in [0.25, 0.3) is 0 Å². The van der Waals surface area contributed by atoms with Gasteiger partial charge in [0.05, 0.1) is 0 Å². The maximum atomic E-state index is 13.3. The third-order valence-corrected chi connectivity index (χ3v) is 4.91. The van der Waals surface area contributed by atoms with Crippen molar-refractivity contribution >= 4 is 5.91 Å². The Labute approximate surface area is 136 Å². The van der Waals surface area contributed by atoms with Crippen LogP contribution in [-0.2, 0) is 4.79 Å². The van der Waals surface area contributed by atoms with Crippen LogP contribution in [0.2, 0.25) is 0 Å². The first-order chi connectivity index (χ1) is 11.0. The lowest BCUT2D eigenvalue weighted by molar-refractivity contribution is -0.184. The van der Waals surface area contributed by atoms with E-state index in [4.69, 9.17) is 0 Å². The monoisotopic (exact) mass is 335 g/mol. The summed E-state index contributed by atoms with van der Waals surface area (Å²) in [6.45, 7) is 1.51. The molecule has 0 aromatic carbocycles. The lowest BCUT2D eigenvalue weighted by Gasteiger charge is -2.36. The minimum absolute atomic E-state index is 0.235. The molecule has 0 radical (unpaired) electrons. The number of amides is 1. The molecule has 0 spiro atoms. The zero-order valence-corrected chi connectivity index (χ0v) is 13.6. The quantitative estimate of drug-likeness (QED) is 0.758. The Morgan fingerprint density at radius 3 is 2.30 bits per heavy atom. The number of hydrogen-bond donors (Lipinski definition) is 2. The third-order valence-electron chi connectivity index (χ3n) is 4.91. The Kier molecular flexibility index (Phi) is 7.14. The molecule has 1 saturated heterocycles. The number of nitrogens with one attached hydrogen (secondary N) is 2. The van der Waals surface area contributed by atoms with Crippen molar-refractivity contribution in [2.75, 3.05) is 32.7 Å². The van der Waals surface area contributed by atoms with Gasteiger partial charge in [-0.05, 0) is 18.8 Å². The number of carbonyl (C=O) groups excluding carboxylic acids is 1.